The second-order valence-electron chi connectivity index (χ2n) is 7.80. The molecule has 4 bridgehead atoms. The normalized spacial score (nSPS) is 45.6. The maximum Gasteiger partial charge on any atom is 0.139 e. The molecule has 0 N–H and O–H groups in total. The van der Waals surface area contributed by atoms with Crippen molar-refractivity contribution in [3.05, 3.63) is 11.6 Å². The van der Waals surface area contributed by atoms with E-state index >= 15 is 0 Å². The quantitative estimate of drug-likeness (QED) is 0.734. The third kappa shape index (κ3) is 1.47. The van der Waals surface area contributed by atoms with Gasteiger partial charge in [-0.3, -0.25) is 0 Å². The summed E-state index contributed by atoms with van der Waals surface area (Å²) in [6.45, 7) is 1.16. The van der Waals surface area contributed by atoms with Crippen molar-refractivity contribution in [3.8, 4) is 0 Å². The van der Waals surface area contributed by atoms with Gasteiger partial charge < -0.3 is 4.57 Å². The largest absolute Gasteiger partial charge is 0.315 e. The molecule has 4 aliphatic carbocycles. The van der Waals surface area contributed by atoms with Crippen LogP contribution < -0.4 is 0 Å². The van der Waals surface area contributed by atoms with Gasteiger partial charge in [0, 0.05) is 22.7 Å². The highest BCUT2D eigenvalue weighted by Gasteiger charge is 2.65. The second-order valence-corrected chi connectivity index (χ2v) is 9.48. The number of aromatic nitrogens is 3. The Kier molecular flexibility index (Phi) is 2.36. The van der Waals surface area contributed by atoms with E-state index in [2.05, 4.69) is 25.6 Å². The van der Waals surface area contributed by atoms with E-state index in [1.807, 2.05) is 0 Å². The van der Waals surface area contributed by atoms with E-state index in [1.54, 1.807) is 0 Å². The van der Waals surface area contributed by atoms with E-state index in [4.69, 9.17) is 5.10 Å². The molecule has 0 aromatic carbocycles. The Morgan fingerprint density at radius 1 is 1.10 bits per heavy atom. The zero-order valence-electron chi connectivity index (χ0n) is 11.9. The van der Waals surface area contributed by atoms with Gasteiger partial charge in [-0.25, -0.2) is 0 Å². The summed E-state index contributed by atoms with van der Waals surface area (Å²) in [5, 5.41) is 9.31. The molecule has 20 heavy (non-hydrogen) atoms. The van der Waals surface area contributed by atoms with Gasteiger partial charge in [-0.1, -0.05) is 22.4 Å². The van der Waals surface area contributed by atoms with E-state index in [0.29, 0.717) is 9.74 Å². The zero-order chi connectivity index (χ0) is 13.4. The molecule has 0 radical (unpaired) electrons. The highest BCUT2D eigenvalue weighted by Crippen LogP contribution is 2.69. The predicted octanol–water partition coefficient (Wildman–Crippen LogP) is 3.60. The summed E-state index contributed by atoms with van der Waals surface area (Å²) in [4.78, 5) is 0. The van der Waals surface area contributed by atoms with Crippen LogP contribution in [0.15, 0.2) is 0 Å². The van der Waals surface area contributed by atoms with Crippen molar-refractivity contribution in [2.75, 3.05) is 0 Å². The molecule has 108 valence electrons. The van der Waals surface area contributed by atoms with Crippen molar-refractivity contribution in [2.45, 2.75) is 74.1 Å². The summed E-state index contributed by atoms with van der Waals surface area (Å²) in [7, 11) is 0. The van der Waals surface area contributed by atoms with Gasteiger partial charge in [0.05, 0.1) is 0 Å². The van der Waals surface area contributed by atoms with Crippen molar-refractivity contribution in [1.29, 1.82) is 0 Å². The molecular weight excluding hydrogens is 314 g/mol. The van der Waals surface area contributed by atoms with Crippen LogP contribution in [0.4, 0.5) is 0 Å². The highest BCUT2D eigenvalue weighted by molar-refractivity contribution is 9.10. The van der Waals surface area contributed by atoms with Gasteiger partial charge in [0.15, 0.2) is 0 Å². The molecule has 1 aliphatic heterocycles. The average molecular weight is 336 g/mol. The number of fused-ring (bicyclic) bond motifs is 1. The number of hydrogen-bond acceptors (Lipinski definition) is 2. The van der Waals surface area contributed by atoms with Crippen LogP contribution in [0.2, 0.25) is 0 Å². The Morgan fingerprint density at radius 3 is 2.95 bits per heavy atom. The fourth-order valence-electron chi connectivity index (χ4n) is 6.00. The summed E-state index contributed by atoms with van der Waals surface area (Å²) < 4.78 is 2.95. The Labute approximate surface area is 128 Å². The van der Waals surface area contributed by atoms with E-state index in [9.17, 15) is 0 Å². The molecule has 6 rings (SSSR count). The standard InChI is InChI=1S/C16H22BrN3/c17-15-7-11-6-12(9-15)16(8-11,10-15)14-19-18-13-4-2-1-3-5-20(13)14/h11-12H,1-10H2. The third-order valence-corrected chi connectivity index (χ3v) is 7.43. The third-order valence-electron chi connectivity index (χ3n) is 6.51. The lowest BCUT2D eigenvalue weighted by molar-refractivity contribution is 0.283. The van der Waals surface area contributed by atoms with Gasteiger partial charge in [-0.2, -0.15) is 0 Å². The highest BCUT2D eigenvalue weighted by atomic mass is 79.9. The number of rotatable bonds is 1. The van der Waals surface area contributed by atoms with Crippen LogP contribution in [0.3, 0.4) is 0 Å². The Hall–Kier alpha value is -0.380. The molecular formula is C16H22BrN3. The van der Waals surface area contributed by atoms with Gasteiger partial charge in [-0.15, -0.1) is 10.2 Å². The summed E-state index contributed by atoms with van der Waals surface area (Å²) in [5.74, 6) is 4.42. The summed E-state index contributed by atoms with van der Waals surface area (Å²) in [6.07, 6.45) is 12.0. The first-order valence-electron chi connectivity index (χ1n) is 8.30. The molecule has 1 aromatic rings. The van der Waals surface area contributed by atoms with Crippen molar-refractivity contribution >= 4 is 15.9 Å². The van der Waals surface area contributed by atoms with Gasteiger partial charge in [-0.05, 0) is 56.8 Å². The van der Waals surface area contributed by atoms with E-state index in [0.717, 1.165) is 24.8 Å². The van der Waals surface area contributed by atoms with E-state index in [1.165, 1.54) is 63.0 Å². The topological polar surface area (TPSA) is 30.7 Å². The number of nitrogens with zero attached hydrogens (tertiary/aromatic N) is 3. The smallest absolute Gasteiger partial charge is 0.139 e. The zero-order valence-corrected chi connectivity index (χ0v) is 13.5. The molecule has 4 heteroatoms. The first kappa shape index (κ1) is 12.2. The Morgan fingerprint density at radius 2 is 2.05 bits per heavy atom. The lowest BCUT2D eigenvalue weighted by Crippen LogP contribution is -2.35. The van der Waals surface area contributed by atoms with Crippen molar-refractivity contribution in [1.82, 2.24) is 14.8 Å². The van der Waals surface area contributed by atoms with Crippen LogP contribution in [0.25, 0.3) is 0 Å². The number of aryl methyl sites for hydroxylation is 1. The summed E-state index contributed by atoms with van der Waals surface area (Å²) >= 11 is 4.08. The van der Waals surface area contributed by atoms with Gasteiger partial charge >= 0.3 is 0 Å². The predicted molar refractivity (Wildman–Crippen MR) is 81.0 cm³/mol. The van der Waals surface area contributed by atoms with Crippen LogP contribution >= 0.6 is 15.9 Å². The minimum Gasteiger partial charge on any atom is -0.315 e. The lowest BCUT2D eigenvalue weighted by Gasteiger charge is -2.36. The summed E-state index contributed by atoms with van der Waals surface area (Å²) in [5.41, 5.74) is 0.363. The first-order valence-corrected chi connectivity index (χ1v) is 9.09. The molecule has 2 heterocycles. The summed E-state index contributed by atoms with van der Waals surface area (Å²) in [6, 6.07) is 0. The number of halogens is 1. The van der Waals surface area contributed by atoms with E-state index < -0.39 is 0 Å². The van der Waals surface area contributed by atoms with Crippen LogP contribution in [0.1, 0.15) is 63.0 Å². The number of hydrogen-bond donors (Lipinski definition) is 0. The molecule has 0 spiro atoms. The molecule has 4 fully saturated rings. The number of alkyl halides is 1. The fraction of sp³-hybridized carbons (Fsp3) is 0.875. The second kappa shape index (κ2) is 3.88. The van der Waals surface area contributed by atoms with Gasteiger partial charge in [0.1, 0.15) is 11.6 Å². The Bertz CT molecular complexity index is 568. The molecule has 4 atom stereocenters. The molecule has 5 aliphatic rings. The molecule has 3 nitrogen and oxygen atoms in total. The minimum atomic E-state index is 0.363. The van der Waals surface area contributed by atoms with Crippen molar-refractivity contribution in [2.24, 2.45) is 11.8 Å². The monoisotopic (exact) mass is 335 g/mol. The van der Waals surface area contributed by atoms with Gasteiger partial charge in [0.2, 0.25) is 0 Å². The average Bonchev–Trinajstić information content (AvgIpc) is 2.88. The minimum absolute atomic E-state index is 0.363. The van der Waals surface area contributed by atoms with Crippen molar-refractivity contribution < 1.29 is 0 Å². The first-order chi connectivity index (χ1) is 9.69. The van der Waals surface area contributed by atoms with Crippen LogP contribution in [-0.2, 0) is 18.4 Å². The molecule has 4 unspecified atom stereocenters. The maximum absolute atomic E-state index is 4.73. The fourth-order valence-corrected chi connectivity index (χ4v) is 7.35. The van der Waals surface area contributed by atoms with E-state index in [-0.39, 0.29) is 0 Å². The van der Waals surface area contributed by atoms with Crippen LogP contribution in [0.5, 0.6) is 0 Å². The maximum atomic E-state index is 4.73. The van der Waals surface area contributed by atoms with Crippen molar-refractivity contribution in [3.63, 3.8) is 0 Å². The van der Waals surface area contributed by atoms with Crippen LogP contribution in [0, 0.1) is 11.8 Å². The molecule has 4 saturated carbocycles. The molecule has 0 amide bonds. The lowest BCUT2D eigenvalue weighted by atomic mass is 9.74. The van der Waals surface area contributed by atoms with Gasteiger partial charge in [0.25, 0.3) is 0 Å². The molecule has 1 aromatic heterocycles. The Balaban J connectivity index is 1.62. The van der Waals surface area contributed by atoms with Crippen LogP contribution in [-0.4, -0.2) is 19.1 Å². The SMILES string of the molecule is BrC12CC3CC(C1)C(c1nnc4n1CCCCC4)(C3)C2. The molecule has 0 saturated heterocycles.